The van der Waals surface area contributed by atoms with Gasteiger partial charge in [-0.3, -0.25) is 0 Å². The minimum Gasteiger partial charge on any atom is -0.386 e. The second-order valence-electron chi connectivity index (χ2n) is 1.96. The smallest absolute Gasteiger partial charge is 0.0980 e. The van der Waals surface area contributed by atoms with Crippen LogP contribution in [0.25, 0.3) is 0 Å². The molecule has 1 aliphatic heterocycles. The summed E-state index contributed by atoms with van der Waals surface area (Å²) >= 11 is 0. The van der Waals surface area contributed by atoms with E-state index >= 15 is 0 Å². The topological polar surface area (TPSA) is 29.5 Å². The fourth-order valence-electron chi connectivity index (χ4n) is 0.657. The lowest BCUT2D eigenvalue weighted by Gasteiger charge is -2.19. The van der Waals surface area contributed by atoms with Crippen molar-refractivity contribution >= 4 is 0 Å². The van der Waals surface area contributed by atoms with Crippen molar-refractivity contribution in [3.63, 3.8) is 0 Å². The highest BCUT2D eigenvalue weighted by Crippen LogP contribution is 2.04. The summed E-state index contributed by atoms with van der Waals surface area (Å²) in [5, 5.41) is 8.97. The highest BCUT2D eigenvalue weighted by Gasteiger charge is 2.13. The zero-order valence-corrected chi connectivity index (χ0v) is 4.87. The molecule has 0 saturated heterocycles. The molecule has 0 aromatic heterocycles. The molecule has 0 aliphatic carbocycles. The van der Waals surface area contributed by atoms with Crippen LogP contribution in [0, 0.1) is 0 Å². The lowest BCUT2D eigenvalue weighted by atomic mass is 10.2. The quantitative estimate of drug-likeness (QED) is 0.460. The fourth-order valence-corrected chi connectivity index (χ4v) is 0.657. The van der Waals surface area contributed by atoms with Crippen LogP contribution in [-0.4, -0.2) is 23.9 Å². The van der Waals surface area contributed by atoms with E-state index in [4.69, 9.17) is 9.84 Å². The highest BCUT2D eigenvalue weighted by atomic mass is 16.5. The third kappa shape index (κ3) is 1.08. The van der Waals surface area contributed by atoms with Crippen LogP contribution in [0.5, 0.6) is 0 Å². The third-order valence-corrected chi connectivity index (χ3v) is 1.27. The summed E-state index contributed by atoms with van der Waals surface area (Å²) in [6.45, 7) is 2.49. The van der Waals surface area contributed by atoms with Crippen LogP contribution < -0.4 is 0 Å². The molecule has 2 heteroatoms. The number of hydrogen-bond donors (Lipinski definition) is 1. The first-order valence-electron chi connectivity index (χ1n) is 2.77. The summed E-state index contributed by atoms with van der Waals surface area (Å²) in [4.78, 5) is 0. The summed E-state index contributed by atoms with van der Waals surface area (Å²) in [5.74, 6) is 0. The second kappa shape index (κ2) is 2.29. The van der Waals surface area contributed by atoms with Crippen molar-refractivity contribution in [2.75, 3.05) is 6.61 Å². The number of aliphatic hydroxyl groups is 1. The molecule has 0 aromatic carbocycles. The number of ether oxygens (including phenoxy) is 1. The summed E-state index contributed by atoms with van der Waals surface area (Å²) in [5.41, 5.74) is 0. The van der Waals surface area contributed by atoms with Crippen LogP contribution in [0.3, 0.4) is 0 Å². The molecule has 46 valence electrons. The molecule has 0 bridgehead atoms. The van der Waals surface area contributed by atoms with E-state index in [0.717, 1.165) is 0 Å². The van der Waals surface area contributed by atoms with E-state index in [1.807, 2.05) is 13.0 Å². The number of rotatable bonds is 0. The molecule has 2 atom stereocenters. The maximum absolute atomic E-state index is 8.97. The molecular formula is C6H10O2. The van der Waals surface area contributed by atoms with Gasteiger partial charge in [0, 0.05) is 0 Å². The molecule has 2 nitrogen and oxygen atoms in total. The van der Waals surface area contributed by atoms with E-state index in [0.29, 0.717) is 6.61 Å². The van der Waals surface area contributed by atoms with Gasteiger partial charge in [-0.15, -0.1) is 0 Å². The molecule has 1 heterocycles. The number of hydrogen-bond acceptors (Lipinski definition) is 2. The van der Waals surface area contributed by atoms with Gasteiger partial charge < -0.3 is 9.84 Å². The average Bonchev–Trinajstić information content (AvgIpc) is 1.77. The van der Waals surface area contributed by atoms with Crippen molar-refractivity contribution in [1.29, 1.82) is 0 Å². The van der Waals surface area contributed by atoms with Gasteiger partial charge in [-0.05, 0) is 6.92 Å². The number of aliphatic hydroxyl groups excluding tert-OH is 1. The highest BCUT2D eigenvalue weighted by molar-refractivity contribution is 4.95. The minimum absolute atomic E-state index is 0.0278. The van der Waals surface area contributed by atoms with Gasteiger partial charge in [0.05, 0.1) is 18.8 Å². The Morgan fingerprint density at radius 2 is 2.50 bits per heavy atom. The zero-order valence-electron chi connectivity index (χ0n) is 4.87. The third-order valence-electron chi connectivity index (χ3n) is 1.27. The Balaban J connectivity index is 2.47. The lowest BCUT2D eigenvalue weighted by molar-refractivity contribution is -0.00354. The van der Waals surface area contributed by atoms with Gasteiger partial charge in [0.1, 0.15) is 0 Å². The average molecular weight is 114 g/mol. The molecule has 1 rings (SSSR count). The predicted molar refractivity (Wildman–Crippen MR) is 30.6 cm³/mol. The first kappa shape index (κ1) is 5.79. The fraction of sp³-hybridized carbons (Fsp3) is 0.667. The van der Waals surface area contributed by atoms with Crippen molar-refractivity contribution in [1.82, 2.24) is 0 Å². The zero-order chi connectivity index (χ0) is 5.98. The van der Waals surface area contributed by atoms with Gasteiger partial charge in [-0.1, -0.05) is 12.2 Å². The van der Waals surface area contributed by atoms with Crippen molar-refractivity contribution < 1.29 is 9.84 Å². The van der Waals surface area contributed by atoms with Gasteiger partial charge in [0.25, 0.3) is 0 Å². The van der Waals surface area contributed by atoms with Crippen LogP contribution in [0.4, 0.5) is 0 Å². The largest absolute Gasteiger partial charge is 0.386 e. The Bertz CT molecular complexity index is 98.7. The van der Waals surface area contributed by atoms with Crippen LogP contribution >= 0.6 is 0 Å². The molecule has 1 N–H and O–H groups in total. The SMILES string of the molecule is CC1OCC=CC1O. The van der Waals surface area contributed by atoms with E-state index in [1.165, 1.54) is 0 Å². The standard InChI is InChI=1S/C6H10O2/c1-5-6(7)3-2-4-8-5/h2-3,5-7H,4H2,1H3. The summed E-state index contributed by atoms with van der Waals surface area (Å²) in [6.07, 6.45) is 3.16. The lowest BCUT2D eigenvalue weighted by Crippen LogP contribution is -2.27. The normalized spacial score (nSPS) is 37.8. The van der Waals surface area contributed by atoms with Gasteiger partial charge >= 0.3 is 0 Å². The van der Waals surface area contributed by atoms with E-state index in [1.54, 1.807) is 6.08 Å². The Morgan fingerprint density at radius 1 is 1.75 bits per heavy atom. The van der Waals surface area contributed by atoms with Crippen LogP contribution in [0.15, 0.2) is 12.2 Å². The van der Waals surface area contributed by atoms with Crippen LogP contribution in [-0.2, 0) is 4.74 Å². The first-order valence-corrected chi connectivity index (χ1v) is 2.77. The van der Waals surface area contributed by atoms with Crippen molar-refractivity contribution in [2.24, 2.45) is 0 Å². The van der Waals surface area contributed by atoms with E-state index < -0.39 is 6.10 Å². The molecule has 0 aromatic rings. The maximum atomic E-state index is 8.97. The van der Waals surface area contributed by atoms with Crippen molar-refractivity contribution in [2.45, 2.75) is 19.1 Å². The maximum Gasteiger partial charge on any atom is 0.0980 e. The van der Waals surface area contributed by atoms with E-state index in [9.17, 15) is 0 Å². The molecular weight excluding hydrogens is 104 g/mol. The Morgan fingerprint density at radius 3 is 2.88 bits per heavy atom. The molecule has 0 fully saturated rings. The monoisotopic (exact) mass is 114 g/mol. The molecule has 0 saturated carbocycles. The van der Waals surface area contributed by atoms with Crippen LogP contribution in [0.2, 0.25) is 0 Å². The first-order chi connectivity index (χ1) is 3.80. The van der Waals surface area contributed by atoms with Gasteiger partial charge in [0.15, 0.2) is 0 Å². The second-order valence-corrected chi connectivity index (χ2v) is 1.96. The Labute approximate surface area is 48.8 Å². The van der Waals surface area contributed by atoms with Gasteiger partial charge in [-0.25, -0.2) is 0 Å². The summed E-state index contributed by atoms with van der Waals surface area (Å²) in [7, 11) is 0. The van der Waals surface area contributed by atoms with Crippen LogP contribution in [0.1, 0.15) is 6.92 Å². The molecule has 2 unspecified atom stereocenters. The molecule has 0 amide bonds. The minimum atomic E-state index is -0.399. The van der Waals surface area contributed by atoms with Crippen molar-refractivity contribution in [3.8, 4) is 0 Å². The predicted octanol–water partition coefficient (Wildman–Crippen LogP) is 0.322. The van der Waals surface area contributed by atoms with Gasteiger partial charge in [0.2, 0.25) is 0 Å². The van der Waals surface area contributed by atoms with Crippen molar-refractivity contribution in [3.05, 3.63) is 12.2 Å². The molecule has 0 spiro atoms. The molecule has 0 radical (unpaired) electrons. The Hall–Kier alpha value is -0.340. The van der Waals surface area contributed by atoms with E-state index in [-0.39, 0.29) is 6.10 Å². The van der Waals surface area contributed by atoms with E-state index in [2.05, 4.69) is 0 Å². The Kier molecular flexibility index (Phi) is 1.65. The van der Waals surface area contributed by atoms with Gasteiger partial charge in [-0.2, -0.15) is 0 Å². The summed E-state index contributed by atoms with van der Waals surface area (Å²) < 4.78 is 5.05. The summed E-state index contributed by atoms with van der Waals surface area (Å²) in [6, 6.07) is 0. The molecule has 1 aliphatic rings. The molecule has 8 heavy (non-hydrogen) atoms.